The zero-order valence-corrected chi connectivity index (χ0v) is 18.9. The number of anilines is 1. The number of ether oxygens (including phenoxy) is 3. The van der Waals surface area contributed by atoms with Crippen molar-refractivity contribution >= 4 is 34.8 Å². The Balaban J connectivity index is 1.54. The summed E-state index contributed by atoms with van der Waals surface area (Å²) in [6.07, 6.45) is 0.122. The van der Waals surface area contributed by atoms with Crippen LogP contribution >= 0.6 is 11.3 Å². The van der Waals surface area contributed by atoms with Crippen LogP contribution in [0.1, 0.15) is 26.6 Å². The molecule has 0 aliphatic rings. The minimum Gasteiger partial charge on any atom is -0.493 e. The predicted octanol–water partition coefficient (Wildman–Crippen LogP) is 2.86. The van der Waals surface area contributed by atoms with Gasteiger partial charge in [-0.05, 0) is 36.8 Å². The average Bonchev–Trinajstić information content (AvgIpc) is 3.24. The van der Waals surface area contributed by atoms with E-state index in [4.69, 9.17) is 19.9 Å². The number of nitrogens with zero attached hydrogens (tertiary/aromatic N) is 1. The Morgan fingerprint density at radius 2 is 1.91 bits per heavy atom. The van der Waals surface area contributed by atoms with E-state index in [1.807, 2.05) is 31.2 Å². The molecule has 3 N–H and O–H groups in total. The van der Waals surface area contributed by atoms with Crippen molar-refractivity contribution in [3.63, 3.8) is 0 Å². The molecule has 9 nitrogen and oxygen atoms in total. The summed E-state index contributed by atoms with van der Waals surface area (Å²) in [6.45, 7) is 1.56. The number of aromatic nitrogens is 1. The summed E-state index contributed by atoms with van der Waals surface area (Å²) in [7, 11) is 1.41. The summed E-state index contributed by atoms with van der Waals surface area (Å²) in [5.41, 5.74) is 7.58. The summed E-state index contributed by atoms with van der Waals surface area (Å²) < 4.78 is 15.7. The molecule has 2 aromatic carbocycles. The number of carbonyl (C=O) groups is 3. The smallest absolute Gasteiger partial charge is 0.338 e. The van der Waals surface area contributed by atoms with Crippen LogP contribution in [-0.4, -0.2) is 36.5 Å². The van der Waals surface area contributed by atoms with Crippen molar-refractivity contribution in [1.29, 1.82) is 0 Å². The van der Waals surface area contributed by atoms with E-state index < -0.39 is 11.9 Å². The fourth-order valence-corrected chi connectivity index (χ4v) is 3.60. The molecule has 0 atom stereocenters. The minimum absolute atomic E-state index is 0.0447. The van der Waals surface area contributed by atoms with Crippen molar-refractivity contribution in [3.05, 3.63) is 69.7 Å². The van der Waals surface area contributed by atoms with E-state index in [0.29, 0.717) is 10.7 Å². The Labute approximate surface area is 194 Å². The molecule has 172 valence electrons. The van der Waals surface area contributed by atoms with Crippen molar-refractivity contribution in [3.8, 4) is 11.5 Å². The third kappa shape index (κ3) is 6.78. The number of hydrogen-bond donors (Lipinski definition) is 2. The second-order valence-corrected chi connectivity index (χ2v) is 7.91. The van der Waals surface area contributed by atoms with Gasteiger partial charge in [-0.2, -0.15) is 0 Å². The van der Waals surface area contributed by atoms with Gasteiger partial charge in [0.2, 0.25) is 5.91 Å². The van der Waals surface area contributed by atoms with Gasteiger partial charge in [0.15, 0.2) is 18.1 Å². The van der Waals surface area contributed by atoms with Crippen LogP contribution in [0, 0.1) is 6.92 Å². The molecule has 0 saturated carbocycles. The third-order valence-corrected chi connectivity index (χ3v) is 5.35. The van der Waals surface area contributed by atoms with Crippen molar-refractivity contribution in [2.24, 2.45) is 5.73 Å². The van der Waals surface area contributed by atoms with E-state index in [1.54, 1.807) is 5.38 Å². The first-order valence-corrected chi connectivity index (χ1v) is 10.8. The van der Waals surface area contributed by atoms with Gasteiger partial charge in [-0.1, -0.05) is 18.2 Å². The lowest BCUT2D eigenvalue weighted by Crippen LogP contribution is -2.20. The first kappa shape index (κ1) is 23.7. The number of amides is 2. The van der Waals surface area contributed by atoms with Gasteiger partial charge in [-0.25, -0.2) is 9.78 Å². The molecule has 0 fully saturated rings. The molecule has 0 unspecified atom stereocenters. The van der Waals surface area contributed by atoms with Crippen LogP contribution in [0.5, 0.6) is 11.5 Å². The Hall–Kier alpha value is -3.92. The molecular formula is C23H23N3O6S. The van der Waals surface area contributed by atoms with Crippen molar-refractivity contribution < 1.29 is 28.6 Å². The van der Waals surface area contributed by atoms with Crippen molar-refractivity contribution in [2.45, 2.75) is 20.0 Å². The quantitative estimate of drug-likeness (QED) is 0.437. The molecule has 0 aliphatic carbocycles. The first-order valence-electron chi connectivity index (χ1n) is 9.90. The third-order valence-electron chi connectivity index (χ3n) is 4.45. The number of benzene rings is 2. The highest BCUT2D eigenvalue weighted by molar-refractivity contribution is 7.09. The Morgan fingerprint density at radius 3 is 2.64 bits per heavy atom. The molecule has 3 rings (SSSR count). The largest absolute Gasteiger partial charge is 0.493 e. The lowest BCUT2D eigenvalue weighted by Gasteiger charge is -2.11. The zero-order chi connectivity index (χ0) is 23.8. The SMILES string of the molecule is COc1cc(C(=O)OCc2csc(CC(=O)Nc3ccccc3C)n2)ccc1OCC(N)=O. The number of rotatable bonds is 10. The number of hydrogen-bond acceptors (Lipinski definition) is 8. The number of aryl methyl sites for hydroxylation is 1. The van der Waals surface area contributed by atoms with Crippen LogP contribution in [0.3, 0.4) is 0 Å². The number of primary amides is 1. The summed E-state index contributed by atoms with van der Waals surface area (Å²) in [6, 6.07) is 11.9. The van der Waals surface area contributed by atoms with Gasteiger partial charge >= 0.3 is 5.97 Å². The molecule has 1 aromatic heterocycles. The van der Waals surface area contributed by atoms with Gasteiger partial charge in [0.05, 0.1) is 24.8 Å². The lowest BCUT2D eigenvalue weighted by molar-refractivity contribution is -0.120. The summed E-state index contributed by atoms with van der Waals surface area (Å²) in [5.74, 6) is -0.840. The molecule has 0 spiro atoms. The molecule has 0 radical (unpaired) electrons. The first-order chi connectivity index (χ1) is 15.9. The maximum absolute atomic E-state index is 12.4. The van der Waals surface area contributed by atoms with Gasteiger partial charge < -0.3 is 25.3 Å². The van der Waals surface area contributed by atoms with Gasteiger partial charge in [0.25, 0.3) is 5.91 Å². The lowest BCUT2D eigenvalue weighted by atomic mass is 10.2. The standard InChI is InChI=1S/C23H23N3O6S/c1-14-5-3-4-6-17(14)26-21(28)10-22-25-16(13-33-22)11-32-23(29)15-7-8-18(19(9-15)30-2)31-12-20(24)27/h3-9,13H,10-12H2,1-2H3,(H2,24,27)(H,26,28). The van der Waals surface area contributed by atoms with Gasteiger partial charge in [-0.3, -0.25) is 9.59 Å². The summed E-state index contributed by atoms with van der Waals surface area (Å²) >= 11 is 1.32. The normalized spacial score (nSPS) is 10.4. The van der Waals surface area contributed by atoms with E-state index in [-0.39, 0.29) is 42.6 Å². The number of thiazole rings is 1. The number of nitrogens with one attached hydrogen (secondary N) is 1. The van der Waals surface area contributed by atoms with Gasteiger partial charge in [0.1, 0.15) is 11.6 Å². The van der Waals surface area contributed by atoms with E-state index in [0.717, 1.165) is 11.3 Å². The number of carbonyl (C=O) groups excluding carboxylic acids is 3. The maximum Gasteiger partial charge on any atom is 0.338 e. The fourth-order valence-electron chi connectivity index (χ4n) is 2.83. The van der Waals surface area contributed by atoms with Crippen LogP contribution in [0.25, 0.3) is 0 Å². The van der Waals surface area contributed by atoms with Crippen LogP contribution in [0.2, 0.25) is 0 Å². The maximum atomic E-state index is 12.4. The van der Waals surface area contributed by atoms with E-state index >= 15 is 0 Å². The van der Waals surface area contributed by atoms with Crippen LogP contribution in [0.4, 0.5) is 5.69 Å². The molecule has 33 heavy (non-hydrogen) atoms. The number of methoxy groups -OCH3 is 1. The second kappa shape index (κ2) is 11.1. The number of nitrogens with two attached hydrogens (primary N) is 1. The number of para-hydroxylation sites is 1. The molecular weight excluding hydrogens is 446 g/mol. The Morgan fingerprint density at radius 1 is 1.12 bits per heavy atom. The van der Waals surface area contributed by atoms with E-state index in [2.05, 4.69) is 10.3 Å². The summed E-state index contributed by atoms with van der Waals surface area (Å²) in [4.78, 5) is 39.9. The Bertz CT molecular complexity index is 1160. The molecule has 3 aromatic rings. The van der Waals surface area contributed by atoms with Crippen molar-refractivity contribution in [1.82, 2.24) is 4.98 Å². The average molecular weight is 470 g/mol. The number of esters is 1. The molecule has 1 heterocycles. The Kier molecular flexibility index (Phi) is 7.98. The summed E-state index contributed by atoms with van der Waals surface area (Å²) in [5, 5.41) is 5.22. The topological polar surface area (TPSA) is 130 Å². The van der Waals surface area contributed by atoms with E-state index in [1.165, 1.54) is 36.6 Å². The van der Waals surface area contributed by atoms with Crippen LogP contribution in [0.15, 0.2) is 47.8 Å². The monoisotopic (exact) mass is 469 g/mol. The molecule has 0 bridgehead atoms. The van der Waals surface area contributed by atoms with Gasteiger partial charge in [-0.15, -0.1) is 11.3 Å². The molecule has 0 saturated heterocycles. The van der Waals surface area contributed by atoms with E-state index in [9.17, 15) is 14.4 Å². The van der Waals surface area contributed by atoms with Crippen LogP contribution < -0.4 is 20.5 Å². The highest BCUT2D eigenvalue weighted by Gasteiger charge is 2.15. The fraction of sp³-hybridized carbons (Fsp3) is 0.217. The minimum atomic E-state index is -0.629. The predicted molar refractivity (Wildman–Crippen MR) is 122 cm³/mol. The van der Waals surface area contributed by atoms with Crippen molar-refractivity contribution in [2.75, 3.05) is 19.0 Å². The molecule has 10 heteroatoms. The molecule has 0 aliphatic heterocycles. The zero-order valence-electron chi connectivity index (χ0n) is 18.1. The highest BCUT2D eigenvalue weighted by atomic mass is 32.1. The highest BCUT2D eigenvalue weighted by Crippen LogP contribution is 2.28. The van der Waals surface area contributed by atoms with Gasteiger partial charge in [0, 0.05) is 11.1 Å². The van der Waals surface area contributed by atoms with Crippen LogP contribution in [-0.2, 0) is 27.4 Å². The second-order valence-electron chi connectivity index (χ2n) is 6.97. The molecule has 2 amide bonds.